The molecule has 3 aromatic rings. The molecule has 186 valence electrons. The van der Waals surface area contributed by atoms with Gasteiger partial charge in [-0.3, -0.25) is 4.79 Å². The van der Waals surface area contributed by atoms with Gasteiger partial charge in [-0.1, -0.05) is 23.8 Å². The van der Waals surface area contributed by atoms with Crippen LogP contribution in [0.1, 0.15) is 38.8 Å². The number of hydrogen-bond donors (Lipinski definition) is 5. The van der Waals surface area contributed by atoms with Crippen LogP contribution >= 0.6 is 7.82 Å². The number of allylic oxidation sites excluding steroid dienone is 2. The quantitative estimate of drug-likeness (QED) is 0.254. The summed E-state index contributed by atoms with van der Waals surface area (Å²) in [4.78, 5) is 34.9. The number of phosphoric acid groups is 1. The zero-order chi connectivity index (χ0) is 26.1. The van der Waals surface area contributed by atoms with Gasteiger partial charge in [0, 0.05) is 5.56 Å². The Balaban J connectivity index is 0.000000623. The molecule has 1 aliphatic rings. The summed E-state index contributed by atoms with van der Waals surface area (Å²) in [5.41, 5.74) is 2.63. The molecular formula is C25H27O9P. The highest BCUT2D eigenvalue weighted by atomic mass is 31.2. The molecule has 0 saturated carbocycles. The molecule has 35 heavy (non-hydrogen) atoms. The van der Waals surface area contributed by atoms with Crippen molar-refractivity contribution in [2.75, 3.05) is 0 Å². The zero-order valence-electron chi connectivity index (χ0n) is 19.6. The molecule has 0 amide bonds. The van der Waals surface area contributed by atoms with Gasteiger partial charge in [0.25, 0.3) is 0 Å². The van der Waals surface area contributed by atoms with Crippen LogP contribution in [-0.4, -0.2) is 30.5 Å². The first kappa shape index (κ1) is 26.2. The first-order valence-electron chi connectivity index (χ1n) is 10.6. The van der Waals surface area contributed by atoms with E-state index in [2.05, 4.69) is 0 Å². The average molecular weight is 502 g/mol. The molecule has 9 nitrogen and oxygen atoms in total. The minimum absolute atomic E-state index is 0.106. The van der Waals surface area contributed by atoms with Gasteiger partial charge in [-0.25, -0.2) is 4.57 Å². The normalized spacial score (nSPS) is 13.9. The van der Waals surface area contributed by atoms with Crippen molar-refractivity contribution < 1.29 is 38.6 Å². The van der Waals surface area contributed by atoms with E-state index in [0.29, 0.717) is 40.0 Å². The van der Waals surface area contributed by atoms with Gasteiger partial charge >= 0.3 is 7.82 Å². The molecule has 0 spiro atoms. The Morgan fingerprint density at radius 2 is 1.69 bits per heavy atom. The van der Waals surface area contributed by atoms with Gasteiger partial charge in [0.15, 0.2) is 5.58 Å². The van der Waals surface area contributed by atoms with Gasteiger partial charge in [-0.05, 0) is 64.0 Å². The fraction of sp³-hybridized carbons (Fsp3) is 0.240. The van der Waals surface area contributed by atoms with Crippen molar-refractivity contribution in [3.05, 3.63) is 69.6 Å². The number of fused-ring (bicyclic) bond motifs is 3. The molecule has 1 aromatic heterocycles. The SMILES string of the molecule is CC(C)=CCc1c2c(c3occ(-c4ccc(O)cc4)c(=O)c3c1O)C=CC(C)(C)O2.O=P(O)(O)O. The van der Waals surface area contributed by atoms with E-state index in [1.807, 2.05) is 45.9 Å². The molecular weight excluding hydrogens is 475 g/mol. The summed E-state index contributed by atoms with van der Waals surface area (Å²) in [7, 11) is -4.64. The Bertz CT molecular complexity index is 1410. The topological polar surface area (TPSA) is 158 Å². The number of aromatic hydroxyl groups is 2. The maximum atomic E-state index is 13.4. The highest BCUT2D eigenvalue weighted by molar-refractivity contribution is 7.45. The molecule has 0 radical (unpaired) electrons. The van der Waals surface area contributed by atoms with E-state index in [4.69, 9.17) is 28.4 Å². The van der Waals surface area contributed by atoms with Crippen molar-refractivity contribution in [3.8, 4) is 28.4 Å². The van der Waals surface area contributed by atoms with Gasteiger partial charge in [0.05, 0.1) is 11.1 Å². The Labute approximate surface area is 201 Å². The number of benzene rings is 2. The number of hydrogen-bond acceptors (Lipinski definition) is 6. The number of ether oxygens (including phenoxy) is 1. The second kappa shape index (κ2) is 9.71. The van der Waals surface area contributed by atoms with Crippen LogP contribution in [0.25, 0.3) is 28.2 Å². The van der Waals surface area contributed by atoms with E-state index in [1.54, 1.807) is 12.1 Å². The summed E-state index contributed by atoms with van der Waals surface area (Å²) >= 11 is 0. The predicted molar refractivity (Wildman–Crippen MR) is 132 cm³/mol. The summed E-state index contributed by atoms with van der Waals surface area (Å²) in [6.07, 6.45) is 7.60. The Kier molecular flexibility index (Phi) is 7.29. The Morgan fingerprint density at radius 1 is 1.09 bits per heavy atom. The lowest BCUT2D eigenvalue weighted by molar-refractivity contribution is 0.157. The van der Waals surface area contributed by atoms with Crippen LogP contribution in [0.4, 0.5) is 0 Å². The fourth-order valence-electron chi connectivity index (χ4n) is 3.59. The summed E-state index contributed by atoms with van der Waals surface area (Å²) in [6.45, 7) is 7.82. The fourth-order valence-corrected chi connectivity index (χ4v) is 3.59. The average Bonchev–Trinajstić information content (AvgIpc) is 2.72. The lowest BCUT2D eigenvalue weighted by Gasteiger charge is -2.30. The Hall–Kier alpha value is -3.36. The van der Waals surface area contributed by atoms with Crippen molar-refractivity contribution in [1.82, 2.24) is 0 Å². The molecule has 0 atom stereocenters. The number of rotatable bonds is 3. The lowest BCUT2D eigenvalue weighted by atomic mass is 9.93. The van der Waals surface area contributed by atoms with Gasteiger partial charge in [0.1, 0.15) is 34.5 Å². The van der Waals surface area contributed by atoms with Gasteiger partial charge < -0.3 is 34.0 Å². The highest BCUT2D eigenvalue weighted by Gasteiger charge is 2.30. The molecule has 2 heterocycles. The smallest absolute Gasteiger partial charge is 0.466 e. The standard InChI is InChI=1S/C25H24O5.H3O4P/c1-14(2)5-10-17-21(27)20-22(28)19(15-6-8-16(26)9-7-15)13-29-24(20)18-11-12-25(3,4)30-23(17)18;1-5(2,3)4/h5-9,11-13,26-27H,10H2,1-4H3;(H3,1,2,3,4). The largest absolute Gasteiger partial charge is 0.508 e. The minimum Gasteiger partial charge on any atom is -0.508 e. The van der Waals surface area contributed by atoms with Crippen LogP contribution in [-0.2, 0) is 11.0 Å². The van der Waals surface area contributed by atoms with Crippen LogP contribution < -0.4 is 10.2 Å². The summed E-state index contributed by atoms with van der Waals surface area (Å²) < 4.78 is 20.9. The second-order valence-electron chi connectivity index (χ2n) is 8.84. The van der Waals surface area contributed by atoms with Crippen molar-refractivity contribution >= 4 is 24.9 Å². The molecule has 4 rings (SSSR count). The number of phenols is 2. The number of phenolic OH excluding ortho intramolecular Hbond substituents is 2. The summed E-state index contributed by atoms with van der Waals surface area (Å²) in [5, 5.41) is 20.8. The monoisotopic (exact) mass is 502 g/mol. The van der Waals surface area contributed by atoms with Crippen LogP contribution in [0.15, 0.2) is 57.5 Å². The van der Waals surface area contributed by atoms with Crippen molar-refractivity contribution in [3.63, 3.8) is 0 Å². The molecule has 0 unspecified atom stereocenters. The van der Waals surface area contributed by atoms with Gasteiger partial charge in [-0.2, -0.15) is 0 Å². The van der Waals surface area contributed by atoms with Crippen molar-refractivity contribution in [2.24, 2.45) is 0 Å². The van der Waals surface area contributed by atoms with Crippen LogP contribution in [0.5, 0.6) is 17.2 Å². The van der Waals surface area contributed by atoms with E-state index in [1.165, 1.54) is 18.4 Å². The third-order valence-corrected chi connectivity index (χ3v) is 5.19. The predicted octanol–water partition coefficient (Wildman–Crippen LogP) is 4.64. The molecule has 0 bridgehead atoms. The molecule has 10 heteroatoms. The molecule has 0 fully saturated rings. The molecule has 2 aromatic carbocycles. The van der Waals surface area contributed by atoms with Gasteiger partial charge in [-0.15, -0.1) is 0 Å². The first-order chi connectivity index (χ1) is 16.2. The highest BCUT2D eigenvalue weighted by Crippen LogP contribution is 2.44. The molecule has 5 N–H and O–H groups in total. The van der Waals surface area contributed by atoms with E-state index in [0.717, 1.165) is 5.57 Å². The maximum absolute atomic E-state index is 13.4. The first-order valence-corrected chi connectivity index (χ1v) is 12.2. The molecule has 0 saturated heterocycles. The van der Waals surface area contributed by atoms with Crippen LogP contribution in [0.3, 0.4) is 0 Å². The van der Waals surface area contributed by atoms with E-state index in [-0.39, 0.29) is 22.3 Å². The lowest BCUT2D eigenvalue weighted by Crippen LogP contribution is -2.28. The van der Waals surface area contributed by atoms with E-state index >= 15 is 0 Å². The van der Waals surface area contributed by atoms with Crippen molar-refractivity contribution in [2.45, 2.75) is 39.7 Å². The molecule has 1 aliphatic heterocycles. The third kappa shape index (κ3) is 6.21. The second-order valence-corrected chi connectivity index (χ2v) is 9.86. The van der Waals surface area contributed by atoms with Gasteiger partial charge in [0.2, 0.25) is 5.43 Å². The van der Waals surface area contributed by atoms with Crippen LogP contribution in [0, 0.1) is 0 Å². The summed E-state index contributed by atoms with van der Waals surface area (Å²) in [6, 6.07) is 6.28. The Morgan fingerprint density at radius 3 is 2.26 bits per heavy atom. The third-order valence-electron chi connectivity index (χ3n) is 5.19. The maximum Gasteiger partial charge on any atom is 0.466 e. The minimum atomic E-state index is -4.64. The van der Waals surface area contributed by atoms with Crippen molar-refractivity contribution in [1.29, 1.82) is 0 Å². The van der Waals surface area contributed by atoms with E-state index in [9.17, 15) is 15.0 Å². The molecule has 0 aliphatic carbocycles. The summed E-state index contributed by atoms with van der Waals surface area (Å²) in [5.74, 6) is 0.516. The van der Waals surface area contributed by atoms with E-state index < -0.39 is 13.4 Å². The zero-order valence-corrected chi connectivity index (χ0v) is 20.5. The van der Waals surface area contributed by atoms with Crippen LogP contribution in [0.2, 0.25) is 0 Å².